The number of sulfonamides is 3. The lowest BCUT2D eigenvalue weighted by Crippen LogP contribution is -2.42. The molecule has 0 fully saturated rings. The van der Waals surface area contributed by atoms with Gasteiger partial charge in [0.25, 0.3) is 17.1 Å². The van der Waals surface area contributed by atoms with Crippen LogP contribution in [-0.2, 0) is 43.2 Å². The van der Waals surface area contributed by atoms with Crippen molar-refractivity contribution in [3.8, 4) is 0 Å². The molecule has 0 radical (unpaired) electrons. The van der Waals surface area contributed by atoms with Crippen molar-refractivity contribution in [3.05, 3.63) is 131 Å². The molecule has 1 aliphatic rings. The number of para-hydroxylation sites is 3. The van der Waals surface area contributed by atoms with Crippen molar-refractivity contribution in [1.82, 2.24) is 17.9 Å². The van der Waals surface area contributed by atoms with Crippen LogP contribution in [0.15, 0.2) is 104 Å². The lowest BCUT2D eigenvalue weighted by Gasteiger charge is -2.27. The van der Waals surface area contributed by atoms with E-state index in [2.05, 4.69) is 20.9 Å². The largest absolute Gasteiger partial charge is 0.289 e. The Morgan fingerprint density at radius 3 is 1.25 bits per heavy atom. The van der Waals surface area contributed by atoms with Crippen molar-refractivity contribution in [1.29, 1.82) is 0 Å². The summed E-state index contributed by atoms with van der Waals surface area (Å²) in [6, 6.07) is 16.5. The second-order valence-electron chi connectivity index (χ2n) is 11.4. The number of hydrogen-bond acceptors (Lipinski definition) is 13. The molecular formula is C30H28BrN7O12S3. The summed E-state index contributed by atoms with van der Waals surface area (Å²) in [4.78, 5) is 35.3. The maximum absolute atomic E-state index is 14.2. The highest BCUT2D eigenvalue weighted by Crippen LogP contribution is 2.32. The number of fused-ring (bicyclic) bond motifs is 2. The van der Waals surface area contributed by atoms with Gasteiger partial charge < -0.3 is 0 Å². The molecular weight excluding hydrogens is 826 g/mol. The van der Waals surface area contributed by atoms with E-state index in [9.17, 15) is 55.6 Å². The van der Waals surface area contributed by atoms with Crippen LogP contribution in [0.1, 0.15) is 17.8 Å². The third-order valence-electron chi connectivity index (χ3n) is 8.03. The Hall–Kier alpha value is -4.78. The van der Waals surface area contributed by atoms with E-state index >= 15 is 0 Å². The molecule has 4 aromatic rings. The van der Waals surface area contributed by atoms with E-state index in [0.717, 1.165) is 49.3 Å². The zero-order valence-corrected chi connectivity index (χ0v) is 31.2. The van der Waals surface area contributed by atoms with Gasteiger partial charge >= 0.3 is 0 Å². The molecule has 2 bridgehead atoms. The molecule has 23 heteroatoms. The Morgan fingerprint density at radius 1 is 0.528 bits per heavy atom. The normalized spacial score (nSPS) is 15.8. The third kappa shape index (κ3) is 8.40. The van der Waals surface area contributed by atoms with Crippen LogP contribution in [0, 0.1) is 30.3 Å². The fourth-order valence-corrected chi connectivity index (χ4v) is 10.9. The first kappa shape index (κ1) is 39.4. The van der Waals surface area contributed by atoms with Gasteiger partial charge in [-0.05, 0) is 36.8 Å². The van der Waals surface area contributed by atoms with Crippen LogP contribution in [0.4, 0.5) is 17.1 Å². The quantitative estimate of drug-likeness (QED) is 0.170. The number of pyridine rings is 1. The standard InChI is InChI=1S/C30H28BrN7O12S3/c31-22-18-23-20-34(52(47,48)29-12-5-2-9-26(29)37(41)42)15-7-14-33(51(45,46)28-11-4-1-8-25(28)36(39)40)16-17-35(21-24(19-22)32-23)53(49,50)30-13-6-3-10-27(30)38(43)44/h1-6,8-13,18-19H,7,14-17,20-21H2. The van der Waals surface area contributed by atoms with Crippen molar-refractivity contribution in [3.63, 3.8) is 0 Å². The smallest absolute Gasteiger partial charge is 0.258 e. The Labute approximate surface area is 311 Å². The van der Waals surface area contributed by atoms with Gasteiger partial charge in [-0.15, -0.1) is 0 Å². The van der Waals surface area contributed by atoms with Crippen LogP contribution in [0.25, 0.3) is 0 Å². The Balaban J connectivity index is 1.67. The van der Waals surface area contributed by atoms with Crippen LogP contribution in [0.5, 0.6) is 0 Å². The van der Waals surface area contributed by atoms with Crippen LogP contribution in [-0.4, -0.2) is 84.1 Å². The fourth-order valence-electron chi connectivity index (χ4n) is 5.60. The van der Waals surface area contributed by atoms with Crippen molar-refractivity contribution in [2.75, 3.05) is 26.2 Å². The fraction of sp³-hybridized carbons (Fsp3) is 0.233. The van der Waals surface area contributed by atoms with Gasteiger partial charge in [0, 0.05) is 48.9 Å². The lowest BCUT2D eigenvalue weighted by atomic mass is 10.3. The number of rotatable bonds is 9. The summed E-state index contributed by atoms with van der Waals surface area (Å²) in [5, 5.41) is 35.5. The summed E-state index contributed by atoms with van der Waals surface area (Å²) < 4.78 is 87.4. The summed E-state index contributed by atoms with van der Waals surface area (Å²) in [5.41, 5.74) is -2.14. The summed E-state index contributed by atoms with van der Waals surface area (Å²) in [6.45, 7) is -3.31. The molecule has 0 saturated heterocycles. The van der Waals surface area contributed by atoms with Crippen molar-refractivity contribution in [2.45, 2.75) is 34.2 Å². The number of aromatic nitrogens is 1. The summed E-state index contributed by atoms with van der Waals surface area (Å²) in [5.74, 6) is 0. The van der Waals surface area contributed by atoms with E-state index in [4.69, 9.17) is 0 Å². The second-order valence-corrected chi connectivity index (χ2v) is 18.0. The average Bonchev–Trinajstić information content (AvgIpc) is 3.12. The van der Waals surface area contributed by atoms with Gasteiger partial charge in [0.2, 0.25) is 30.1 Å². The summed E-state index contributed by atoms with van der Waals surface area (Å²) in [7, 11) is -14.3. The van der Waals surface area contributed by atoms with Gasteiger partial charge in [-0.2, -0.15) is 12.9 Å². The van der Waals surface area contributed by atoms with Crippen LogP contribution in [0.2, 0.25) is 0 Å². The molecule has 3 aromatic carbocycles. The third-order valence-corrected chi connectivity index (χ3v) is 14.2. The molecule has 5 rings (SSSR count). The molecule has 0 aliphatic carbocycles. The van der Waals surface area contributed by atoms with Gasteiger partial charge in [0.1, 0.15) is 0 Å². The lowest BCUT2D eigenvalue weighted by molar-refractivity contribution is -0.388. The first-order valence-corrected chi connectivity index (χ1v) is 20.4. The van der Waals surface area contributed by atoms with Crippen molar-refractivity contribution < 1.29 is 40.0 Å². The number of hydrogen-bond donors (Lipinski definition) is 0. The van der Waals surface area contributed by atoms with Crippen molar-refractivity contribution >= 4 is 63.1 Å². The number of nitro benzene ring substituents is 3. The number of halogens is 1. The molecule has 2 heterocycles. The Kier molecular flexibility index (Phi) is 11.7. The molecule has 0 unspecified atom stereocenters. The highest BCUT2D eigenvalue weighted by molar-refractivity contribution is 9.10. The monoisotopic (exact) mass is 853 g/mol. The SMILES string of the molecule is O=[N+]([O-])c1ccccc1S(=O)(=O)N1CCCN(S(=O)(=O)c2ccccc2[N+](=O)[O-])Cc2cc(Br)cc(n2)CN(S(=O)(=O)c2ccccc2[N+](=O)[O-])CC1. The number of benzene rings is 3. The molecule has 1 aliphatic heterocycles. The highest BCUT2D eigenvalue weighted by atomic mass is 79.9. The number of nitrogens with zero attached hydrogens (tertiary/aromatic N) is 7. The van der Waals surface area contributed by atoms with Gasteiger partial charge in [-0.3, -0.25) is 35.3 Å². The van der Waals surface area contributed by atoms with E-state index < -0.39 is 116 Å². The summed E-state index contributed by atoms with van der Waals surface area (Å²) in [6.07, 6.45) is -0.280. The van der Waals surface area contributed by atoms with Crippen LogP contribution < -0.4 is 0 Å². The second kappa shape index (κ2) is 15.7. The molecule has 0 atom stereocenters. The van der Waals surface area contributed by atoms with E-state index in [1.54, 1.807) is 0 Å². The van der Waals surface area contributed by atoms with E-state index in [1.807, 2.05) is 0 Å². The van der Waals surface area contributed by atoms with Crippen LogP contribution in [0.3, 0.4) is 0 Å². The first-order valence-electron chi connectivity index (χ1n) is 15.3. The minimum atomic E-state index is -4.80. The zero-order valence-electron chi connectivity index (χ0n) is 27.2. The molecule has 19 nitrogen and oxygen atoms in total. The maximum atomic E-state index is 14.2. The summed E-state index contributed by atoms with van der Waals surface area (Å²) >= 11 is 3.32. The van der Waals surface area contributed by atoms with E-state index in [1.165, 1.54) is 48.5 Å². The minimum Gasteiger partial charge on any atom is -0.258 e. The molecule has 280 valence electrons. The van der Waals surface area contributed by atoms with Gasteiger partial charge in [0.15, 0.2) is 14.7 Å². The molecule has 53 heavy (non-hydrogen) atoms. The van der Waals surface area contributed by atoms with E-state index in [-0.39, 0.29) is 17.8 Å². The van der Waals surface area contributed by atoms with Gasteiger partial charge in [-0.25, -0.2) is 25.3 Å². The zero-order chi connectivity index (χ0) is 38.7. The molecule has 0 amide bonds. The first-order chi connectivity index (χ1) is 24.9. The molecule has 0 N–H and O–H groups in total. The highest BCUT2D eigenvalue weighted by Gasteiger charge is 2.37. The predicted molar refractivity (Wildman–Crippen MR) is 190 cm³/mol. The Bertz CT molecular complexity index is 2430. The van der Waals surface area contributed by atoms with Gasteiger partial charge in [0.05, 0.1) is 39.2 Å². The maximum Gasteiger partial charge on any atom is 0.289 e. The van der Waals surface area contributed by atoms with Gasteiger partial charge in [-0.1, -0.05) is 52.3 Å². The molecule has 1 aromatic heterocycles. The number of nitro groups is 3. The molecule has 0 saturated carbocycles. The topological polar surface area (TPSA) is 254 Å². The van der Waals surface area contributed by atoms with Crippen LogP contribution >= 0.6 is 15.9 Å². The predicted octanol–water partition coefficient (Wildman–Crippen LogP) is 4.05. The van der Waals surface area contributed by atoms with Crippen molar-refractivity contribution in [2.24, 2.45) is 0 Å². The Morgan fingerprint density at radius 2 is 0.849 bits per heavy atom. The minimum absolute atomic E-state index is 0.0203. The molecule has 0 spiro atoms. The van der Waals surface area contributed by atoms with E-state index in [0.29, 0.717) is 4.47 Å². The average molecular weight is 855 g/mol.